The summed E-state index contributed by atoms with van der Waals surface area (Å²) in [4.78, 5) is 4.61. The predicted octanol–water partition coefficient (Wildman–Crippen LogP) is 2.36. The number of imidazole rings is 1. The van der Waals surface area contributed by atoms with Crippen LogP contribution < -0.4 is 5.32 Å². The molecule has 0 amide bonds. The van der Waals surface area contributed by atoms with Crippen LogP contribution in [0.25, 0.3) is 5.65 Å². The van der Waals surface area contributed by atoms with Gasteiger partial charge in [-0.05, 0) is 30.7 Å². The highest BCUT2D eigenvalue weighted by atomic mass is 32.2. The fourth-order valence-corrected chi connectivity index (χ4v) is 3.52. The van der Waals surface area contributed by atoms with Gasteiger partial charge in [0, 0.05) is 37.2 Å². The van der Waals surface area contributed by atoms with Crippen LogP contribution in [-0.2, 0) is 6.42 Å². The van der Waals surface area contributed by atoms with Crippen LogP contribution in [0.1, 0.15) is 18.5 Å². The smallest absolute Gasteiger partial charge is 0.136 e. The molecule has 3 nitrogen and oxygen atoms in total. The molecule has 0 aromatic carbocycles. The lowest BCUT2D eigenvalue weighted by Crippen LogP contribution is -2.35. The Morgan fingerprint density at radius 1 is 1.44 bits per heavy atom. The standard InChI is InChI=1S/C14H19N3S/c1-2-8-17-10-12(16-14(17)5-1)6-7-15-13-4-3-9-18-11-13/h1-2,5,8,10,13,15H,3-4,6-7,9,11H2/t13-/m0/s1. The molecule has 96 valence electrons. The summed E-state index contributed by atoms with van der Waals surface area (Å²) in [5, 5.41) is 3.64. The Morgan fingerprint density at radius 2 is 2.44 bits per heavy atom. The van der Waals surface area contributed by atoms with E-state index in [1.165, 1.54) is 30.0 Å². The van der Waals surface area contributed by atoms with Gasteiger partial charge in [0.1, 0.15) is 5.65 Å². The van der Waals surface area contributed by atoms with Gasteiger partial charge in [0.15, 0.2) is 0 Å². The fraction of sp³-hybridized carbons (Fsp3) is 0.500. The van der Waals surface area contributed by atoms with Gasteiger partial charge in [-0.1, -0.05) is 6.07 Å². The molecule has 0 aliphatic carbocycles. The molecule has 3 heterocycles. The molecule has 0 saturated carbocycles. The van der Waals surface area contributed by atoms with Crippen LogP contribution in [0.2, 0.25) is 0 Å². The number of nitrogens with one attached hydrogen (secondary N) is 1. The maximum atomic E-state index is 4.61. The lowest BCUT2D eigenvalue weighted by atomic mass is 10.2. The van der Waals surface area contributed by atoms with Crippen LogP contribution in [0.5, 0.6) is 0 Å². The van der Waals surface area contributed by atoms with E-state index in [-0.39, 0.29) is 0 Å². The molecule has 2 aromatic heterocycles. The molecular weight excluding hydrogens is 242 g/mol. The Labute approximate surface area is 112 Å². The highest BCUT2D eigenvalue weighted by molar-refractivity contribution is 7.99. The quantitative estimate of drug-likeness (QED) is 0.916. The number of fused-ring (bicyclic) bond motifs is 1. The highest BCUT2D eigenvalue weighted by Crippen LogP contribution is 2.16. The van der Waals surface area contributed by atoms with E-state index in [1.807, 2.05) is 12.1 Å². The van der Waals surface area contributed by atoms with E-state index in [1.54, 1.807) is 0 Å². The second-order valence-corrected chi connectivity index (χ2v) is 5.97. The molecule has 3 rings (SSSR count). The highest BCUT2D eigenvalue weighted by Gasteiger charge is 2.12. The number of nitrogens with zero attached hydrogens (tertiary/aromatic N) is 2. The van der Waals surface area contributed by atoms with Crippen molar-refractivity contribution in [3.8, 4) is 0 Å². The molecule has 1 aliphatic rings. The summed E-state index contributed by atoms with van der Waals surface area (Å²) in [5.74, 6) is 2.61. The summed E-state index contributed by atoms with van der Waals surface area (Å²) < 4.78 is 2.09. The van der Waals surface area contributed by atoms with Crippen molar-refractivity contribution in [2.75, 3.05) is 18.1 Å². The van der Waals surface area contributed by atoms with Gasteiger partial charge < -0.3 is 9.72 Å². The summed E-state index contributed by atoms with van der Waals surface area (Å²) in [6.45, 7) is 1.04. The van der Waals surface area contributed by atoms with Gasteiger partial charge in [0.2, 0.25) is 0 Å². The summed E-state index contributed by atoms with van der Waals surface area (Å²) in [6.07, 6.45) is 7.89. The monoisotopic (exact) mass is 261 g/mol. The van der Waals surface area contributed by atoms with Crippen molar-refractivity contribution < 1.29 is 0 Å². The molecule has 0 bridgehead atoms. The lowest BCUT2D eigenvalue weighted by molar-refractivity contribution is 0.510. The SMILES string of the molecule is c1ccn2cc(CCN[C@H]3CCCSC3)nc2c1. The van der Waals surface area contributed by atoms with Gasteiger partial charge in [-0.3, -0.25) is 0 Å². The number of thioether (sulfide) groups is 1. The zero-order valence-electron chi connectivity index (χ0n) is 10.5. The molecule has 0 unspecified atom stereocenters. The van der Waals surface area contributed by atoms with Crippen molar-refractivity contribution in [2.24, 2.45) is 0 Å². The number of hydrogen-bond donors (Lipinski definition) is 1. The second kappa shape index (κ2) is 5.76. The minimum atomic E-state index is 0.709. The molecule has 18 heavy (non-hydrogen) atoms. The molecule has 1 atom stereocenters. The predicted molar refractivity (Wildman–Crippen MR) is 77.2 cm³/mol. The van der Waals surface area contributed by atoms with E-state index in [0.717, 1.165) is 18.6 Å². The average Bonchev–Trinajstić information content (AvgIpc) is 2.82. The van der Waals surface area contributed by atoms with Crippen molar-refractivity contribution in [3.63, 3.8) is 0 Å². The Balaban J connectivity index is 1.53. The van der Waals surface area contributed by atoms with Crippen LogP contribution in [-0.4, -0.2) is 33.5 Å². The Bertz CT molecular complexity index is 469. The van der Waals surface area contributed by atoms with Gasteiger partial charge in [-0.25, -0.2) is 4.98 Å². The molecule has 1 aliphatic heterocycles. The van der Waals surface area contributed by atoms with Crippen LogP contribution in [0, 0.1) is 0 Å². The third kappa shape index (κ3) is 2.87. The molecule has 2 aromatic rings. The zero-order chi connectivity index (χ0) is 12.2. The fourth-order valence-electron chi connectivity index (χ4n) is 2.41. The lowest BCUT2D eigenvalue weighted by Gasteiger charge is -2.22. The first-order chi connectivity index (χ1) is 8.92. The van der Waals surface area contributed by atoms with Gasteiger partial charge >= 0.3 is 0 Å². The van der Waals surface area contributed by atoms with Crippen LogP contribution in [0.3, 0.4) is 0 Å². The number of aromatic nitrogens is 2. The maximum Gasteiger partial charge on any atom is 0.136 e. The molecule has 1 N–H and O–H groups in total. The summed E-state index contributed by atoms with van der Waals surface area (Å²) in [7, 11) is 0. The van der Waals surface area contributed by atoms with Crippen LogP contribution >= 0.6 is 11.8 Å². The van der Waals surface area contributed by atoms with Gasteiger partial charge in [-0.2, -0.15) is 11.8 Å². The van der Waals surface area contributed by atoms with Gasteiger partial charge in [0.05, 0.1) is 5.69 Å². The van der Waals surface area contributed by atoms with Crippen LogP contribution in [0.15, 0.2) is 30.6 Å². The van der Waals surface area contributed by atoms with E-state index in [9.17, 15) is 0 Å². The van der Waals surface area contributed by atoms with Crippen molar-refractivity contribution in [1.29, 1.82) is 0 Å². The first-order valence-corrected chi connectivity index (χ1v) is 7.81. The van der Waals surface area contributed by atoms with E-state index in [2.05, 4.69) is 44.9 Å². The Hall–Kier alpha value is -1.00. The summed E-state index contributed by atoms with van der Waals surface area (Å²) >= 11 is 2.07. The first-order valence-electron chi connectivity index (χ1n) is 6.65. The van der Waals surface area contributed by atoms with E-state index in [0.29, 0.717) is 6.04 Å². The second-order valence-electron chi connectivity index (χ2n) is 4.82. The Morgan fingerprint density at radius 3 is 3.28 bits per heavy atom. The van der Waals surface area contributed by atoms with Crippen molar-refractivity contribution >= 4 is 17.4 Å². The average molecular weight is 261 g/mol. The molecule has 4 heteroatoms. The Kier molecular flexibility index (Phi) is 3.86. The molecule has 0 spiro atoms. The number of rotatable bonds is 4. The third-order valence-electron chi connectivity index (χ3n) is 3.39. The largest absolute Gasteiger partial charge is 0.313 e. The van der Waals surface area contributed by atoms with Crippen molar-refractivity contribution in [3.05, 3.63) is 36.3 Å². The maximum absolute atomic E-state index is 4.61. The van der Waals surface area contributed by atoms with Crippen LogP contribution in [0.4, 0.5) is 0 Å². The number of hydrogen-bond acceptors (Lipinski definition) is 3. The summed E-state index contributed by atoms with van der Waals surface area (Å²) in [6, 6.07) is 6.83. The number of pyridine rings is 1. The normalized spacial score (nSPS) is 20.3. The van der Waals surface area contributed by atoms with Crippen molar-refractivity contribution in [2.45, 2.75) is 25.3 Å². The van der Waals surface area contributed by atoms with Gasteiger partial charge in [0.25, 0.3) is 0 Å². The van der Waals surface area contributed by atoms with E-state index in [4.69, 9.17) is 0 Å². The molecular formula is C14H19N3S. The van der Waals surface area contributed by atoms with Gasteiger partial charge in [-0.15, -0.1) is 0 Å². The minimum absolute atomic E-state index is 0.709. The molecule has 1 fully saturated rings. The molecule has 0 radical (unpaired) electrons. The van der Waals surface area contributed by atoms with Crippen molar-refractivity contribution in [1.82, 2.24) is 14.7 Å². The topological polar surface area (TPSA) is 29.3 Å². The summed E-state index contributed by atoms with van der Waals surface area (Å²) in [5.41, 5.74) is 2.22. The van der Waals surface area contributed by atoms with E-state index >= 15 is 0 Å². The zero-order valence-corrected chi connectivity index (χ0v) is 11.3. The van der Waals surface area contributed by atoms with E-state index < -0.39 is 0 Å². The molecule has 1 saturated heterocycles. The third-order valence-corrected chi connectivity index (χ3v) is 4.60. The first kappa shape index (κ1) is 12.1. The minimum Gasteiger partial charge on any atom is -0.313 e.